The second-order valence-electron chi connectivity index (χ2n) is 5.59. The van der Waals surface area contributed by atoms with Gasteiger partial charge in [-0.05, 0) is 42.7 Å². The first-order chi connectivity index (χ1) is 11.5. The second-order valence-corrected chi connectivity index (χ2v) is 5.59. The summed E-state index contributed by atoms with van der Waals surface area (Å²) in [6, 6.07) is 13.3. The van der Waals surface area contributed by atoms with Crippen LogP contribution in [0, 0.1) is 6.92 Å². The van der Waals surface area contributed by atoms with E-state index in [1.54, 1.807) is 14.2 Å². The van der Waals surface area contributed by atoms with E-state index < -0.39 is 0 Å². The molecule has 5 nitrogen and oxygen atoms in total. The zero-order chi connectivity index (χ0) is 17.5. The molecule has 2 amide bonds. The average Bonchev–Trinajstić information content (AvgIpc) is 2.59. The Bertz CT molecular complexity index is 701. The van der Waals surface area contributed by atoms with Crippen LogP contribution in [0.25, 0.3) is 0 Å². The van der Waals surface area contributed by atoms with E-state index in [2.05, 4.69) is 10.6 Å². The Kier molecular flexibility index (Phi) is 6.07. The summed E-state index contributed by atoms with van der Waals surface area (Å²) in [5.74, 6) is 1.31. The maximum Gasteiger partial charge on any atom is 0.315 e. The van der Waals surface area contributed by atoms with Crippen LogP contribution in [0.2, 0.25) is 0 Å². The molecule has 0 saturated carbocycles. The minimum atomic E-state index is -0.208. The number of carbonyl (C=O) groups is 1. The fraction of sp³-hybridized carbons (Fsp3) is 0.316. The number of carbonyl (C=O) groups excluding carboxylic acids is 1. The monoisotopic (exact) mass is 328 g/mol. The highest BCUT2D eigenvalue weighted by molar-refractivity contribution is 5.74. The van der Waals surface area contributed by atoms with Crippen LogP contribution in [-0.4, -0.2) is 20.3 Å². The van der Waals surface area contributed by atoms with Gasteiger partial charge in [-0.15, -0.1) is 0 Å². The fourth-order valence-electron chi connectivity index (χ4n) is 2.57. The summed E-state index contributed by atoms with van der Waals surface area (Å²) in [5, 5.41) is 5.81. The lowest BCUT2D eigenvalue weighted by Gasteiger charge is -2.17. The van der Waals surface area contributed by atoms with E-state index in [-0.39, 0.29) is 12.1 Å². The molecule has 128 valence electrons. The van der Waals surface area contributed by atoms with Crippen molar-refractivity contribution in [1.82, 2.24) is 10.6 Å². The zero-order valence-electron chi connectivity index (χ0n) is 14.6. The second kappa shape index (κ2) is 8.24. The van der Waals surface area contributed by atoms with Gasteiger partial charge >= 0.3 is 6.03 Å². The van der Waals surface area contributed by atoms with Crippen LogP contribution in [0.3, 0.4) is 0 Å². The third-order valence-electron chi connectivity index (χ3n) is 3.90. The Morgan fingerprint density at radius 1 is 1.08 bits per heavy atom. The number of amides is 2. The highest BCUT2D eigenvalue weighted by Gasteiger charge is 2.11. The predicted molar refractivity (Wildman–Crippen MR) is 94.5 cm³/mol. The standard InChI is InChI=1S/C19H24N2O3/c1-13-7-5-6-8-16(13)14(2)21-19(22)20-12-15-9-10-17(23-3)18(11-15)24-4/h5-11,14H,12H2,1-4H3,(H2,20,21,22). The van der Waals surface area contributed by atoms with Crippen LogP contribution in [-0.2, 0) is 6.54 Å². The van der Waals surface area contributed by atoms with Gasteiger partial charge in [0.1, 0.15) is 0 Å². The van der Waals surface area contributed by atoms with Gasteiger partial charge in [0.25, 0.3) is 0 Å². The summed E-state index contributed by atoms with van der Waals surface area (Å²) < 4.78 is 10.5. The predicted octanol–water partition coefficient (Wildman–Crippen LogP) is 3.57. The minimum absolute atomic E-state index is 0.0587. The Morgan fingerprint density at radius 2 is 1.79 bits per heavy atom. The normalized spacial score (nSPS) is 11.5. The van der Waals surface area contributed by atoms with Gasteiger partial charge in [0, 0.05) is 6.54 Å². The molecule has 2 aromatic rings. The highest BCUT2D eigenvalue weighted by atomic mass is 16.5. The number of hydrogen-bond acceptors (Lipinski definition) is 3. The number of urea groups is 1. The fourth-order valence-corrected chi connectivity index (χ4v) is 2.57. The van der Waals surface area contributed by atoms with Gasteiger partial charge in [0.15, 0.2) is 11.5 Å². The van der Waals surface area contributed by atoms with Crippen molar-refractivity contribution in [2.24, 2.45) is 0 Å². The highest BCUT2D eigenvalue weighted by Crippen LogP contribution is 2.27. The number of benzene rings is 2. The van der Waals surface area contributed by atoms with Crippen molar-refractivity contribution >= 4 is 6.03 Å². The van der Waals surface area contributed by atoms with E-state index >= 15 is 0 Å². The van der Waals surface area contributed by atoms with Gasteiger partial charge in [-0.25, -0.2) is 4.79 Å². The SMILES string of the molecule is COc1ccc(CNC(=O)NC(C)c2ccccc2C)cc1OC. The molecule has 0 fully saturated rings. The molecule has 0 saturated heterocycles. The molecule has 0 aliphatic rings. The largest absolute Gasteiger partial charge is 0.493 e. The van der Waals surface area contributed by atoms with Gasteiger partial charge in [-0.1, -0.05) is 30.3 Å². The van der Waals surface area contributed by atoms with E-state index in [0.29, 0.717) is 18.0 Å². The Morgan fingerprint density at radius 3 is 2.46 bits per heavy atom. The molecule has 2 N–H and O–H groups in total. The summed E-state index contributed by atoms with van der Waals surface area (Å²) in [5.41, 5.74) is 3.20. The molecule has 2 rings (SSSR count). The number of methoxy groups -OCH3 is 2. The molecule has 2 aromatic carbocycles. The molecule has 24 heavy (non-hydrogen) atoms. The molecular weight excluding hydrogens is 304 g/mol. The van der Waals surface area contributed by atoms with Gasteiger partial charge in [0.05, 0.1) is 20.3 Å². The number of aryl methyl sites for hydroxylation is 1. The van der Waals surface area contributed by atoms with Crippen molar-refractivity contribution in [2.45, 2.75) is 26.4 Å². The average molecular weight is 328 g/mol. The molecular formula is C19H24N2O3. The molecule has 0 aromatic heterocycles. The molecule has 0 aliphatic heterocycles. The van der Waals surface area contributed by atoms with Gasteiger partial charge in [-0.2, -0.15) is 0 Å². The molecule has 0 bridgehead atoms. The van der Waals surface area contributed by atoms with Gasteiger partial charge < -0.3 is 20.1 Å². The maximum atomic E-state index is 12.1. The van der Waals surface area contributed by atoms with E-state index in [1.807, 2.05) is 56.3 Å². The lowest BCUT2D eigenvalue weighted by atomic mass is 10.0. The van der Waals surface area contributed by atoms with Crippen molar-refractivity contribution in [3.63, 3.8) is 0 Å². The molecule has 0 spiro atoms. The molecule has 1 unspecified atom stereocenters. The maximum absolute atomic E-state index is 12.1. The molecule has 0 aliphatic carbocycles. The molecule has 5 heteroatoms. The van der Waals surface area contributed by atoms with Crippen molar-refractivity contribution in [2.75, 3.05) is 14.2 Å². The lowest BCUT2D eigenvalue weighted by molar-refractivity contribution is 0.237. The lowest BCUT2D eigenvalue weighted by Crippen LogP contribution is -2.36. The Labute approximate surface area is 143 Å². The summed E-state index contributed by atoms with van der Waals surface area (Å²) >= 11 is 0. The van der Waals surface area contributed by atoms with Crippen LogP contribution in [0.15, 0.2) is 42.5 Å². The van der Waals surface area contributed by atoms with Gasteiger partial charge in [0.2, 0.25) is 0 Å². The zero-order valence-corrected chi connectivity index (χ0v) is 14.6. The van der Waals surface area contributed by atoms with Crippen molar-refractivity contribution in [3.05, 3.63) is 59.2 Å². The first-order valence-corrected chi connectivity index (χ1v) is 7.86. The molecule has 1 atom stereocenters. The summed E-state index contributed by atoms with van der Waals surface area (Å²) in [7, 11) is 3.18. The number of hydrogen-bond donors (Lipinski definition) is 2. The third kappa shape index (κ3) is 4.41. The number of nitrogens with one attached hydrogen (secondary N) is 2. The van der Waals surface area contributed by atoms with E-state index in [9.17, 15) is 4.79 Å². The van der Waals surface area contributed by atoms with Crippen LogP contribution >= 0.6 is 0 Å². The topological polar surface area (TPSA) is 59.6 Å². The number of rotatable bonds is 6. The molecule has 0 heterocycles. The van der Waals surface area contributed by atoms with Crippen LogP contribution in [0.1, 0.15) is 29.7 Å². The molecule has 0 radical (unpaired) electrons. The van der Waals surface area contributed by atoms with E-state index in [0.717, 1.165) is 16.7 Å². The van der Waals surface area contributed by atoms with Crippen molar-refractivity contribution < 1.29 is 14.3 Å². The van der Waals surface area contributed by atoms with E-state index in [4.69, 9.17) is 9.47 Å². The summed E-state index contributed by atoms with van der Waals surface area (Å²) in [6.45, 7) is 4.42. The van der Waals surface area contributed by atoms with E-state index in [1.165, 1.54) is 0 Å². The van der Waals surface area contributed by atoms with Crippen molar-refractivity contribution in [3.8, 4) is 11.5 Å². The first-order valence-electron chi connectivity index (χ1n) is 7.86. The first kappa shape index (κ1) is 17.7. The summed E-state index contributed by atoms with van der Waals surface area (Å²) in [4.78, 5) is 12.1. The number of ether oxygens (including phenoxy) is 2. The van der Waals surface area contributed by atoms with Crippen molar-refractivity contribution in [1.29, 1.82) is 0 Å². The van der Waals surface area contributed by atoms with Crippen LogP contribution in [0.4, 0.5) is 4.79 Å². The van der Waals surface area contributed by atoms with Gasteiger partial charge in [-0.3, -0.25) is 0 Å². The minimum Gasteiger partial charge on any atom is -0.493 e. The summed E-state index contributed by atoms with van der Waals surface area (Å²) in [6.07, 6.45) is 0. The third-order valence-corrected chi connectivity index (χ3v) is 3.90. The Hall–Kier alpha value is -2.69. The van der Waals surface area contributed by atoms with Crippen LogP contribution < -0.4 is 20.1 Å². The quantitative estimate of drug-likeness (QED) is 0.852. The Balaban J connectivity index is 1.92. The van der Waals surface area contributed by atoms with Crippen LogP contribution in [0.5, 0.6) is 11.5 Å². The smallest absolute Gasteiger partial charge is 0.315 e.